The number of aromatic hydroxyl groups is 1. The number of nitrogens with zero attached hydrogens (tertiary/aromatic N) is 1. The lowest BCUT2D eigenvalue weighted by molar-refractivity contribution is -0.153. The van der Waals surface area contributed by atoms with Gasteiger partial charge >= 0.3 is 5.97 Å². The minimum atomic E-state index is -2.39. The summed E-state index contributed by atoms with van der Waals surface area (Å²) in [5, 5.41) is 68.9. The van der Waals surface area contributed by atoms with E-state index in [0.29, 0.717) is 10.6 Å². The molecule has 82 heavy (non-hydrogen) atoms. The van der Waals surface area contributed by atoms with Gasteiger partial charge in [0.15, 0.2) is 11.8 Å². The number of halogens is 1. The van der Waals surface area contributed by atoms with Gasteiger partial charge in [0.05, 0.1) is 45.8 Å². The molecule has 2 rings (SSSR count). The van der Waals surface area contributed by atoms with Crippen LogP contribution in [0, 0.1) is 0 Å². The number of rotatable bonds is 39. The van der Waals surface area contributed by atoms with Crippen LogP contribution in [0.25, 0.3) is 0 Å². The third-order valence-corrected chi connectivity index (χ3v) is 11.8. The topological polar surface area (TPSA) is 459 Å². The smallest absolute Gasteiger partial charge is 0.305 e. The number of nitrogens with one attached hydrogen (secondary N) is 8. The highest BCUT2D eigenvalue weighted by Crippen LogP contribution is 2.15. The summed E-state index contributed by atoms with van der Waals surface area (Å²) in [5.41, 5.74) is 11.4. The molecule has 0 aliphatic heterocycles. The number of benzene rings is 2. The van der Waals surface area contributed by atoms with E-state index in [2.05, 4.69) is 74.9 Å². The van der Waals surface area contributed by atoms with Crippen molar-refractivity contribution in [1.82, 2.24) is 47.6 Å². The minimum absolute atomic E-state index is 0.0470. The van der Waals surface area contributed by atoms with Gasteiger partial charge in [0.2, 0.25) is 59.1 Å². The predicted molar refractivity (Wildman–Crippen MR) is 294 cm³/mol. The van der Waals surface area contributed by atoms with Gasteiger partial charge in [-0.2, -0.15) is 12.6 Å². The molecule has 10 amide bonds. The number of carboxylic acids is 1. The van der Waals surface area contributed by atoms with Gasteiger partial charge in [-0.05, 0) is 36.6 Å². The van der Waals surface area contributed by atoms with Gasteiger partial charge in [0, 0.05) is 25.0 Å². The summed E-state index contributed by atoms with van der Waals surface area (Å²) in [6, 6.07) is 0.0127. The minimum Gasteiger partial charge on any atom is -0.508 e. The number of carboxylic acid groups (broad SMARTS) is 1. The summed E-state index contributed by atoms with van der Waals surface area (Å²) in [5.74, 6) is -15.7. The van der Waals surface area contributed by atoms with Crippen LogP contribution in [-0.2, 0) is 75.1 Å². The third-order valence-electron chi connectivity index (χ3n) is 11.3. The maximum Gasteiger partial charge on any atom is 0.305 e. The highest BCUT2D eigenvalue weighted by atomic mass is 35.5. The van der Waals surface area contributed by atoms with Crippen LogP contribution in [0.2, 0.25) is 0 Å². The number of thiol groups is 1. The zero-order valence-electron chi connectivity index (χ0n) is 44.5. The number of hydroxylamine groups is 2. The first kappa shape index (κ1) is 70.0. The molecule has 0 fully saturated rings. The van der Waals surface area contributed by atoms with Crippen LogP contribution < -0.4 is 54.0 Å². The largest absolute Gasteiger partial charge is 0.508 e. The van der Waals surface area contributed by atoms with Gasteiger partial charge in [0.25, 0.3) is 0 Å². The van der Waals surface area contributed by atoms with Crippen molar-refractivity contribution in [3.05, 3.63) is 103 Å². The molecule has 29 nitrogen and oxygen atoms in total. The van der Waals surface area contributed by atoms with Gasteiger partial charge in [-0.3, -0.25) is 57.9 Å². The van der Waals surface area contributed by atoms with E-state index in [9.17, 15) is 78.4 Å². The van der Waals surface area contributed by atoms with Crippen LogP contribution in [0.4, 0.5) is 0 Å². The average Bonchev–Trinajstić information content (AvgIpc) is 3.40. The summed E-state index contributed by atoms with van der Waals surface area (Å²) in [4.78, 5) is 146. The summed E-state index contributed by atoms with van der Waals surface area (Å²) < 4.78 is 10.7. The Hall–Kier alpha value is -8.13. The molecular formula is C51H70ClN11O18S. The molecule has 8 atom stereocenters. The third kappa shape index (κ3) is 26.4. The first-order chi connectivity index (χ1) is 38.6. The lowest BCUT2D eigenvalue weighted by atomic mass is 10.0. The van der Waals surface area contributed by atoms with E-state index in [-0.39, 0.29) is 36.7 Å². The van der Waals surface area contributed by atoms with Crippen molar-refractivity contribution >= 4 is 89.3 Å². The van der Waals surface area contributed by atoms with Crippen LogP contribution in [-0.4, -0.2) is 189 Å². The second-order valence-electron chi connectivity index (χ2n) is 18.3. The van der Waals surface area contributed by atoms with Crippen LogP contribution in [0.15, 0.2) is 91.6 Å². The molecule has 0 aliphatic carbocycles. The Bertz CT molecular complexity index is 2580. The summed E-state index contributed by atoms with van der Waals surface area (Å²) in [6.45, 7) is 9.25. The fourth-order valence-electron chi connectivity index (χ4n) is 7.13. The monoisotopic (exact) mass is 1190 g/mol. The van der Waals surface area contributed by atoms with Gasteiger partial charge in [0.1, 0.15) is 53.2 Å². The Morgan fingerprint density at radius 3 is 1.62 bits per heavy atom. The SMILES string of the molecule is C=CCOCC(NC(=O)C(CC(N)=O)NC(=O)C(CC(=O)O)NC(=O)C(Cc1ccc(O)cc1)NC(=O)CNC(=O)C(CCC(C)(O)O)NC(=O)C(Cc1ccccc1)NC(=O)C(COCC=C)N(O)C(=C)Cl)C(=O)NC(CS)C(N)=O. The molecule has 450 valence electrons. The average molecular weight is 1190 g/mol. The lowest BCUT2D eigenvalue weighted by Crippen LogP contribution is -2.61. The maximum atomic E-state index is 14.1. The van der Waals surface area contributed by atoms with Crippen LogP contribution >= 0.6 is 24.2 Å². The normalized spacial score (nSPS) is 13.9. The number of phenolic OH excluding ortho intramolecular Hbond substituents is 1. The molecule has 0 radical (unpaired) electrons. The van der Waals surface area contributed by atoms with Crippen molar-refractivity contribution in [2.24, 2.45) is 11.5 Å². The fourth-order valence-corrected chi connectivity index (χ4v) is 7.52. The van der Waals surface area contributed by atoms with Gasteiger partial charge in [-0.25, -0.2) is 5.06 Å². The second-order valence-corrected chi connectivity index (χ2v) is 19.1. The van der Waals surface area contributed by atoms with E-state index in [4.69, 9.17) is 32.5 Å². The van der Waals surface area contributed by atoms with Crippen molar-refractivity contribution < 1.29 is 87.8 Å². The molecule has 0 bridgehead atoms. The van der Waals surface area contributed by atoms with Crippen molar-refractivity contribution in [3.63, 3.8) is 0 Å². The number of aliphatic hydroxyl groups is 2. The number of ether oxygens (including phenoxy) is 2. The molecule has 0 saturated carbocycles. The van der Waals surface area contributed by atoms with Crippen molar-refractivity contribution in [3.8, 4) is 5.75 Å². The molecule has 0 spiro atoms. The van der Waals surface area contributed by atoms with Crippen LogP contribution in [0.1, 0.15) is 43.7 Å². The Labute approximate surface area is 481 Å². The Balaban J connectivity index is 2.46. The molecule has 0 aromatic heterocycles. The number of carbonyl (C=O) groups excluding carboxylic acids is 10. The Morgan fingerprint density at radius 1 is 0.659 bits per heavy atom. The molecule has 0 saturated heterocycles. The standard InChI is InChI=1S/C51H70ClN11O18S/c1-5-18-80-25-37(49(75)62-38(27-82)43(54)69)61-47(73)35(22-40(53)65)58-48(74)36(23-42(67)68)59-45(71)33(21-30-12-14-31(64)15-13-30)56-41(66)24-55-44(70)32(16-17-51(4,77)78)57-46(72)34(20-29-10-8-7-9-11-29)60-50(76)39(26-81-19-6-2)63(79)28(3)52/h5-15,32-39,64,77-79,82H,1-3,16-27H2,4H3,(H2,53,65)(H2,54,69)(H,55,70)(H,56,66)(H,57,72)(H,58,74)(H,59,71)(H,60,76)(H,61,73)(H,62,75)(H,67,68). The second kappa shape index (κ2) is 35.6. The van der Waals surface area contributed by atoms with E-state index in [0.717, 1.165) is 6.92 Å². The van der Waals surface area contributed by atoms with E-state index in [1.165, 1.54) is 36.4 Å². The molecule has 2 aromatic carbocycles. The zero-order valence-corrected chi connectivity index (χ0v) is 46.2. The van der Waals surface area contributed by atoms with Gasteiger partial charge in [-0.1, -0.05) is 72.8 Å². The van der Waals surface area contributed by atoms with Crippen molar-refractivity contribution in [2.45, 2.75) is 99.6 Å². The van der Waals surface area contributed by atoms with Gasteiger partial charge in [-0.15, -0.1) is 13.2 Å². The first-order valence-electron chi connectivity index (χ1n) is 24.8. The number of amides is 10. The fraction of sp³-hybridized carbons (Fsp3) is 0.431. The zero-order chi connectivity index (χ0) is 61.7. The van der Waals surface area contributed by atoms with Gasteiger partial charge < -0.3 is 83.9 Å². The van der Waals surface area contributed by atoms with E-state index in [1.807, 2.05) is 0 Å². The number of aliphatic carboxylic acids is 1. The van der Waals surface area contributed by atoms with Crippen LogP contribution in [0.3, 0.4) is 0 Å². The number of carbonyl (C=O) groups is 11. The maximum absolute atomic E-state index is 14.1. The molecule has 2 aromatic rings. The molecule has 0 heterocycles. The van der Waals surface area contributed by atoms with Crippen molar-refractivity contribution in [2.75, 3.05) is 38.7 Å². The van der Waals surface area contributed by atoms with E-state index in [1.54, 1.807) is 30.3 Å². The quantitative estimate of drug-likeness (QED) is 0.00760. The summed E-state index contributed by atoms with van der Waals surface area (Å²) >= 11 is 9.84. The molecule has 0 aliphatic rings. The molecule has 31 heteroatoms. The Kier molecular flexibility index (Phi) is 30.4. The highest BCUT2D eigenvalue weighted by molar-refractivity contribution is 7.80. The predicted octanol–water partition coefficient (Wildman–Crippen LogP) is -3.89. The Morgan fingerprint density at radius 2 is 1.12 bits per heavy atom. The first-order valence-corrected chi connectivity index (χ1v) is 25.9. The van der Waals surface area contributed by atoms with Crippen molar-refractivity contribution in [1.29, 1.82) is 0 Å². The summed E-state index contributed by atoms with van der Waals surface area (Å²) in [7, 11) is 0. The molecule has 17 N–H and O–H groups in total. The number of primary amides is 2. The number of hydrogen-bond acceptors (Lipinski definition) is 19. The number of hydrogen-bond donors (Lipinski definition) is 16. The molecular weight excluding hydrogens is 1120 g/mol. The van der Waals surface area contributed by atoms with E-state index >= 15 is 0 Å². The number of phenols is 1. The van der Waals surface area contributed by atoms with E-state index < -0.39 is 176 Å². The highest BCUT2D eigenvalue weighted by Gasteiger charge is 2.36. The lowest BCUT2D eigenvalue weighted by Gasteiger charge is -2.29. The molecule has 8 unspecified atom stereocenters. The summed E-state index contributed by atoms with van der Waals surface area (Å²) in [6.07, 6.45) is -1.09. The number of nitrogens with two attached hydrogens (primary N) is 2. The van der Waals surface area contributed by atoms with Crippen LogP contribution in [0.5, 0.6) is 5.75 Å².